The standard InChI is InChI=1S/C22H29N5O3.H2/c1-13-9-18(22(2,3)29)23-10-16(13)17-11-24-20-21(25-17)27(12-19(28)26-20)14-5-7-15(30-4)8-6-14;/h9-11,14-15,29H,5-8,12H2,1-4H3,(H,24,26,28);1H. The predicted molar refractivity (Wildman–Crippen MR) is 116 cm³/mol. The van der Waals surface area contributed by atoms with Crippen LogP contribution in [0.2, 0.25) is 0 Å². The number of nitrogens with one attached hydrogen (secondary N) is 1. The van der Waals surface area contributed by atoms with Crippen LogP contribution in [-0.4, -0.2) is 51.8 Å². The first-order valence-electron chi connectivity index (χ1n) is 10.4. The number of ether oxygens (including phenoxy) is 1. The topological polar surface area (TPSA) is 100 Å². The van der Waals surface area contributed by atoms with Gasteiger partial charge < -0.3 is 20.1 Å². The van der Waals surface area contributed by atoms with Crippen molar-refractivity contribution in [3.8, 4) is 11.3 Å². The van der Waals surface area contributed by atoms with Crippen LogP contribution in [-0.2, 0) is 15.1 Å². The SMILES string of the molecule is COC1CCC(N2CC(=O)Nc3ncc(-c4cnc(C(C)(C)O)cc4C)nc32)CC1.[HH]. The summed E-state index contributed by atoms with van der Waals surface area (Å²) in [6, 6.07) is 2.12. The number of methoxy groups -OCH3 is 1. The molecule has 1 aliphatic heterocycles. The Kier molecular flexibility index (Phi) is 5.46. The van der Waals surface area contributed by atoms with Gasteiger partial charge in [-0.1, -0.05) is 0 Å². The first-order valence-corrected chi connectivity index (χ1v) is 10.4. The van der Waals surface area contributed by atoms with Crippen LogP contribution in [0.3, 0.4) is 0 Å². The Labute approximate surface area is 178 Å². The van der Waals surface area contributed by atoms with Crippen molar-refractivity contribution in [1.82, 2.24) is 15.0 Å². The first-order chi connectivity index (χ1) is 14.3. The highest BCUT2D eigenvalue weighted by atomic mass is 16.5. The van der Waals surface area contributed by atoms with E-state index in [1.165, 1.54) is 0 Å². The molecule has 8 heteroatoms. The minimum Gasteiger partial charge on any atom is -0.384 e. The van der Waals surface area contributed by atoms with Gasteiger partial charge in [-0.3, -0.25) is 9.78 Å². The zero-order chi connectivity index (χ0) is 21.5. The van der Waals surface area contributed by atoms with Crippen LogP contribution in [0.4, 0.5) is 11.6 Å². The van der Waals surface area contributed by atoms with E-state index < -0.39 is 5.60 Å². The average Bonchev–Trinajstić information content (AvgIpc) is 2.72. The molecule has 2 aliphatic rings. The third-order valence-corrected chi connectivity index (χ3v) is 6.03. The van der Waals surface area contributed by atoms with Gasteiger partial charge in [0.1, 0.15) is 5.60 Å². The highest BCUT2D eigenvalue weighted by Crippen LogP contribution is 2.35. The minimum atomic E-state index is -1.01. The van der Waals surface area contributed by atoms with Gasteiger partial charge >= 0.3 is 0 Å². The fourth-order valence-electron chi connectivity index (χ4n) is 4.25. The van der Waals surface area contributed by atoms with Crippen molar-refractivity contribution in [2.24, 2.45) is 0 Å². The number of anilines is 2. The average molecular weight is 414 g/mol. The fourth-order valence-corrected chi connectivity index (χ4v) is 4.25. The molecular formula is C22H31N5O3. The van der Waals surface area contributed by atoms with Crippen LogP contribution in [0, 0.1) is 6.92 Å². The van der Waals surface area contributed by atoms with Gasteiger partial charge in [-0.25, -0.2) is 9.97 Å². The molecule has 1 fully saturated rings. The van der Waals surface area contributed by atoms with E-state index in [1.54, 1.807) is 33.4 Å². The molecule has 162 valence electrons. The summed E-state index contributed by atoms with van der Waals surface area (Å²) in [5, 5.41) is 13.1. The lowest BCUT2D eigenvalue weighted by Crippen LogP contribution is -2.47. The third-order valence-electron chi connectivity index (χ3n) is 6.03. The molecule has 1 aliphatic carbocycles. The van der Waals surface area contributed by atoms with E-state index in [0.29, 0.717) is 29.1 Å². The van der Waals surface area contributed by atoms with Gasteiger partial charge in [0.05, 0.1) is 30.2 Å². The largest absolute Gasteiger partial charge is 0.384 e. The molecule has 0 radical (unpaired) electrons. The van der Waals surface area contributed by atoms with Gasteiger partial charge in [-0.2, -0.15) is 0 Å². The van der Waals surface area contributed by atoms with Crippen molar-refractivity contribution < 1.29 is 16.1 Å². The Morgan fingerprint density at radius 1 is 1.23 bits per heavy atom. The van der Waals surface area contributed by atoms with Crippen molar-refractivity contribution in [3.63, 3.8) is 0 Å². The van der Waals surface area contributed by atoms with Crippen LogP contribution in [0.15, 0.2) is 18.5 Å². The van der Waals surface area contributed by atoms with Gasteiger partial charge in [0.25, 0.3) is 0 Å². The zero-order valence-electron chi connectivity index (χ0n) is 18.0. The van der Waals surface area contributed by atoms with Gasteiger partial charge in [0.2, 0.25) is 5.91 Å². The number of carbonyl (C=O) groups excluding carboxylic acids is 1. The quantitative estimate of drug-likeness (QED) is 0.794. The van der Waals surface area contributed by atoms with Crippen LogP contribution < -0.4 is 10.2 Å². The maximum absolute atomic E-state index is 12.3. The number of aromatic nitrogens is 3. The van der Waals surface area contributed by atoms with Crippen molar-refractivity contribution in [3.05, 3.63) is 29.7 Å². The first kappa shape index (κ1) is 20.7. The van der Waals surface area contributed by atoms with E-state index in [9.17, 15) is 9.90 Å². The molecule has 30 heavy (non-hydrogen) atoms. The Balaban J connectivity index is 0.00000272. The second-order valence-corrected chi connectivity index (χ2v) is 8.71. The summed E-state index contributed by atoms with van der Waals surface area (Å²) >= 11 is 0. The molecule has 0 atom stereocenters. The summed E-state index contributed by atoms with van der Waals surface area (Å²) in [5.74, 6) is 1.15. The highest BCUT2D eigenvalue weighted by Gasteiger charge is 2.33. The summed E-state index contributed by atoms with van der Waals surface area (Å²) < 4.78 is 5.49. The second kappa shape index (κ2) is 7.92. The molecule has 2 aromatic heterocycles. The van der Waals surface area contributed by atoms with Gasteiger partial charge in [-0.05, 0) is 58.1 Å². The number of hydrogen-bond acceptors (Lipinski definition) is 7. The molecule has 3 heterocycles. The number of rotatable bonds is 4. The fraction of sp³-hybridized carbons (Fsp3) is 0.545. The van der Waals surface area contributed by atoms with Crippen molar-refractivity contribution in [2.45, 2.75) is 64.2 Å². The van der Waals surface area contributed by atoms with Crippen LogP contribution in [0.1, 0.15) is 52.2 Å². The molecule has 0 spiro atoms. The zero-order valence-corrected chi connectivity index (χ0v) is 18.0. The molecule has 0 bridgehead atoms. The van der Waals surface area contributed by atoms with Crippen molar-refractivity contribution in [1.29, 1.82) is 0 Å². The smallest absolute Gasteiger partial charge is 0.245 e. The predicted octanol–water partition coefficient (Wildman–Crippen LogP) is 3.04. The van der Waals surface area contributed by atoms with E-state index in [-0.39, 0.29) is 19.9 Å². The van der Waals surface area contributed by atoms with E-state index in [1.807, 2.05) is 13.0 Å². The number of aryl methyl sites for hydroxylation is 1. The molecule has 2 N–H and O–H groups in total. The third kappa shape index (κ3) is 4.02. The summed E-state index contributed by atoms with van der Waals surface area (Å²) in [5.41, 5.74) is 2.13. The second-order valence-electron chi connectivity index (χ2n) is 8.71. The highest BCUT2D eigenvalue weighted by molar-refractivity contribution is 5.99. The lowest BCUT2D eigenvalue weighted by Gasteiger charge is -2.39. The van der Waals surface area contributed by atoms with Gasteiger partial charge in [0.15, 0.2) is 11.6 Å². The molecule has 0 unspecified atom stereocenters. The van der Waals surface area contributed by atoms with Crippen LogP contribution in [0.25, 0.3) is 11.3 Å². The summed E-state index contributed by atoms with van der Waals surface area (Å²) in [6.07, 6.45) is 7.55. The summed E-state index contributed by atoms with van der Waals surface area (Å²) in [7, 11) is 1.76. The minimum absolute atomic E-state index is 0. The molecule has 1 amide bonds. The number of carbonyl (C=O) groups is 1. The van der Waals surface area contributed by atoms with Crippen LogP contribution >= 0.6 is 0 Å². The van der Waals surface area contributed by atoms with Gasteiger partial charge in [0, 0.05) is 26.3 Å². The van der Waals surface area contributed by atoms with E-state index >= 15 is 0 Å². The Bertz CT molecular complexity index is 955. The lowest BCUT2D eigenvalue weighted by molar-refractivity contribution is -0.115. The molecule has 0 aromatic carbocycles. The van der Waals surface area contributed by atoms with Crippen molar-refractivity contribution in [2.75, 3.05) is 23.9 Å². The van der Waals surface area contributed by atoms with E-state index in [0.717, 1.165) is 36.8 Å². The van der Waals surface area contributed by atoms with Crippen molar-refractivity contribution >= 4 is 17.5 Å². The number of fused-ring (bicyclic) bond motifs is 1. The summed E-state index contributed by atoms with van der Waals surface area (Å²) in [6.45, 7) is 5.68. The van der Waals surface area contributed by atoms with E-state index in [4.69, 9.17) is 9.72 Å². The molecular weight excluding hydrogens is 382 g/mol. The Morgan fingerprint density at radius 3 is 2.60 bits per heavy atom. The Hall–Kier alpha value is -2.58. The van der Waals surface area contributed by atoms with E-state index in [2.05, 4.69) is 20.2 Å². The number of amides is 1. The molecule has 1 saturated carbocycles. The maximum Gasteiger partial charge on any atom is 0.245 e. The normalized spacial score (nSPS) is 21.9. The molecule has 4 rings (SSSR count). The molecule has 0 saturated heterocycles. The Morgan fingerprint density at radius 2 is 1.97 bits per heavy atom. The maximum atomic E-state index is 12.3. The monoisotopic (exact) mass is 413 g/mol. The summed E-state index contributed by atoms with van der Waals surface area (Å²) in [4.78, 5) is 28.1. The van der Waals surface area contributed by atoms with Gasteiger partial charge in [-0.15, -0.1) is 0 Å². The molecule has 2 aromatic rings. The number of hydrogen-bond donors (Lipinski definition) is 2. The van der Waals surface area contributed by atoms with Crippen LogP contribution in [0.5, 0.6) is 0 Å². The number of pyridine rings is 1. The number of nitrogens with zero attached hydrogens (tertiary/aromatic N) is 4. The number of aliphatic hydroxyl groups is 1. The lowest BCUT2D eigenvalue weighted by atomic mass is 9.91. The molecule has 8 nitrogen and oxygen atoms in total.